The van der Waals surface area contributed by atoms with Gasteiger partial charge in [-0.25, -0.2) is 0 Å². The zero-order valence-corrected chi connectivity index (χ0v) is 14.4. The number of aryl methyl sites for hydroxylation is 1. The minimum Gasteiger partial charge on any atom is -0.317 e. The van der Waals surface area contributed by atoms with Gasteiger partial charge >= 0.3 is 0 Å². The van der Waals surface area contributed by atoms with Crippen molar-refractivity contribution in [2.75, 3.05) is 26.2 Å². The molecular weight excluding hydrogens is 320 g/mol. The number of hydrogen-bond acceptors (Lipinski definition) is 3. The molecule has 2 rings (SSSR count). The van der Waals surface area contributed by atoms with Crippen molar-refractivity contribution in [3.63, 3.8) is 0 Å². The smallest absolute Gasteiger partial charge is 0.0328 e. The standard InChI is InChI=1S/C15H25BrN2S/c1-3-8-18(10-13-4-6-17-7-5-13)11-14-9-15(16)12(2)19-14/h9,13,17H,3-8,10-11H2,1-2H3. The van der Waals surface area contributed by atoms with Gasteiger partial charge in [-0.15, -0.1) is 11.3 Å². The summed E-state index contributed by atoms with van der Waals surface area (Å²) in [5.41, 5.74) is 0. The molecule has 0 spiro atoms. The molecule has 1 aromatic rings. The molecule has 108 valence electrons. The fourth-order valence-corrected chi connectivity index (χ4v) is 4.44. The Kier molecular flexibility index (Phi) is 6.33. The topological polar surface area (TPSA) is 15.3 Å². The molecule has 0 atom stereocenters. The zero-order chi connectivity index (χ0) is 13.7. The number of nitrogens with one attached hydrogen (secondary N) is 1. The molecule has 0 radical (unpaired) electrons. The van der Waals surface area contributed by atoms with Gasteiger partial charge in [-0.05, 0) is 73.7 Å². The van der Waals surface area contributed by atoms with E-state index >= 15 is 0 Å². The molecule has 2 nitrogen and oxygen atoms in total. The summed E-state index contributed by atoms with van der Waals surface area (Å²) in [7, 11) is 0. The first-order chi connectivity index (χ1) is 9.19. The van der Waals surface area contributed by atoms with Crippen LogP contribution >= 0.6 is 27.3 Å². The van der Waals surface area contributed by atoms with Gasteiger partial charge in [-0.1, -0.05) is 6.92 Å². The minimum absolute atomic E-state index is 0.886. The van der Waals surface area contributed by atoms with Gasteiger partial charge in [0, 0.05) is 27.3 Å². The average molecular weight is 345 g/mol. The quantitative estimate of drug-likeness (QED) is 0.837. The van der Waals surface area contributed by atoms with Crippen LogP contribution in [0.5, 0.6) is 0 Å². The van der Waals surface area contributed by atoms with Crippen molar-refractivity contribution in [2.24, 2.45) is 5.92 Å². The molecule has 1 aliphatic rings. The lowest BCUT2D eigenvalue weighted by atomic mass is 9.97. The van der Waals surface area contributed by atoms with E-state index in [2.05, 4.69) is 46.1 Å². The molecule has 0 unspecified atom stereocenters. The van der Waals surface area contributed by atoms with Gasteiger partial charge in [0.05, 0.1) is 0 Å². The van der Waals surface area contributed by atoms with Crippen LogP contribution in [-0.2, 0) is 6.54 Å². The van der Waals surface area contributed by atoms with Crippen LogP contribution in [0.25, 0.3) is 0 Å². The molecule has 1 fully saturated rings. The molecule has 0 amide bonds. The zero-order valence-electron chi connectivity index (χ0n) is 12.0. The predicted octanol–water partition coefficient (Wildman–Crippen LogP) is 4.03. The van der Waals surface area contributed by atoms with E-state index in [9.17, 15) is 0 Å². The number of rotatable bonds is 6. The summed E-state index contributed by atoms with van der Waals surface area (Å²) >= 11 is 5.56. The minimum atomic E-state index is 0.886. The van der Waals surface area contributed by atoms with Crippen molar-refractivity contribution in [3.05, 3.63) is 20.3 Å². The van der Waals surface area contributed by atoms with Crippen molar-refractivity contribution in [1.29, 1.82) is 0 Å². The van der Waals surface area contributed by atoms with E-state index in [0.29, 0.717) is 0 Å². The highest BCUT2D eigenvalue weighted by molar-refractivity contribution is 9.10. The maximum atomic E-state index is 3.63. The summed E-state index contributed by atoms with van der Waals surface area (Å²) in [6, 6.07) is 2.30. The van der Waals surface area contributed by atoms with E-state index in [1.54, 1.807) is 0 Å². The molecule has 0 bridgehead atoms. The molecule has 2 heterocycles. The molecule has 0 aliphatic carbocycles. The van der Waals surface area contributed by atoms with E-state index in [0.717, 1.165) is 12.5 Å². The molecule has 4 heteroatoms. The Morgan fingerprint density at radius 1 is 1.42 bits per heavy atom. The molecule has 1 aliphatic heterocycles. The summed E-state index contributed by atoms with van der Waals surface area (Å²) in [6.07, 6.45) is 3.93. The Hall–Kier alpha value is 0.1000. The van der Waals surface area contributed by atoms with Crippen LogP contribution in [0.3, 0.4) is 0 Å². The Morgan fingerprint density at radius 2 is 2.16 bits per heavy atom. The number of thiophene rings is 1. The molecule has 0 aromatic carbocycles. The lowest BCUT2D eigenvalue weighted by Gasteiger charge is -2.29. The van der Waals surface area contributed by atoms with Crippen molar-refractivity contribution in [2.45, 2.75) is 39.7 Å². The van der Waals surface area contributed by atoms with Crippen LogP contribution in [0.15, 0.2) is 10.5 Å². The SMILES string of the molecule is CCCN(Cc1cc(Br)c(C)s1)CC1CCNCC1. The third-order valence-corrected chi connectivity index (χ3v) is 5.92. The van der Waals surface area contributed by atoms with E-state index in [1.807, 2.05) is 11.3 Å². The molecule has 19 heavy (non-hydrogen) atoms. The third-order valence-electron chi connectivity index (χ3n) is 3.80. The first-order valence-corrected chi connectivity index (χ1v) is 8.98. The van der Waals surface area contributed by atoms with Crippen LogP contribution in [0.1, 0.15) is 35.9 Å². The Bertz CT molecular complexity index is 366. The fraction of sp³-hybridized carbons (Fsp3) is 0.733. The number of nitrogens with zero attached hydrogens (tertiary/aromatic N) is 1. The normalized spacial score (nSPS) is 17.3. The largest absolute Gasteiger partial charge is 0.317 e. The van der Waals surface area contributed by atoms with Crippen LogP contribution < -0.4 is 5.32 Å². The summed E-state index contributed by atoms with van der Waals surface area (Å²) in [5.74, 6) is 0.886. The van der Waals surface area contributed by atoms with Crippen molar-refractivity contribution in [3.8, 4) is 0 Å². The van der Waals surface area contributed by atoms with Gasteiger partial charge < -0.3 is 5.32 Å². The highest BCUT2D eigenvalue weighted by Gasteiger charge is 2.17. The van der Waals surface area contributed by atoms with Crippen molar-refractivity contribution in [1.82, 2.24) is 10.2 Å². The first-order valence-electron chi connectivity index (χ1n) is 7.37. The lowest BCUT2D eigenvalue weighted by Crippen LogP contribution is -2.36. The summed E-state index contributed by atoms with van der Waals surface area (Å²) < 4.78 is 1.27. The van der Waals surface area contributed by atoms with Crippen LogP contribution in [0.4, 0.5) is 0 Å². The molecule has 0 saturated carbocycles. The molecular formula is C15H25BrN2S. The van der Waals surface area contributed by atoms with Crippen LogP contribution in [0.2, 0.25) is 0 Å². The fourth-order valence-electron chi connectivity index (χ4n) is 2.80. The molecule has 1 saturated heterocycles. The summed E-state index contributed by atoms with van der Waals surface area (Å²) in [6.45, 7) is 10.5. The van der Waals surface area contributed by atoms with Crippen molar-refractivity contribution >= 4 is 27.3 Å². The monoisotopic (exact) mass is 344 g/mol. The average Bonchev–Trinajstić information content (AvgIpc) is 2.70. The van der Waals surface area contributed by atoms with Gasteiger partial charge in [-0.2, -0.15) is 0 Å². The summed E-state index contributed by atoms with van der Waals surface area (Å²) in [4.78, 5) is 5.54. The van der Waals surface area contributed by atoms with Crippen molar-refractivity contribution < 1.29 is 0 Å². The second kappa shape index (κ2) is 7.77. The highest BCUT2D eigenvalue weighted by Crippen LogP contribution is 2.27. The predicted molar refractivity (Wildman–Crippen MR) is 87.9 cm³/mol. The maximum absolute atomic E-state index is 3.63. The Labute approximate surface area is 129 Å². The van der Waals surface area contributed by atoms with Gasteiger partial charge in [0.15, 0.2) is 0 Å². The van der Waals surface area contributed by atoms with E-state index in [-0.39, 0.29) is 0 Å². The molecule has 1 N–H and O–H groups in total. The second-order valence-electron chi connectivity index (χ2n) is 5.55. The van der Waals surface area contributed by atoms with Gasteiger partial charge in [-0.3, -0.25) is 4.90 Å². The van der Waals surface area contributed by atoms with E-state index in [1.165, 1.54) is 59.7 Å². The Balaban J connectivity index is 1.91. The van der Waals surface area contributed by atoms with Gasteiger partial charge in [0.2, 0.25) is 0 Å². The summed E-state index contributed by atoms with van der Waals surface area (Å²) in [5, 5.41) is 3.46. The number of piperidine rings is 1. The number of halogens is 1. The van der Waals surface area contributed by atoms with E-state index < -0.39 is 0 Å². The van der Waals surface area contributed by atoms with Gasteiger partial charge in [0.1, 0.15) is 0 Å². The van der Waals surface area contributed by atoms with E-state index in [4.69, 9.17) is 0 Å². The Morgan fingerprint density at radius 3 is 2.74 bits per heavy atom. The molecule has 1 aromatic heterocycles. The maximum Gasteiger partial charge on any atom is 0.0328 e. The lowest BCUT2D eigenvalue weighted by molar-refractivity contribution is 0.200. The van der Waals surface area contributed by atoms with Crippen LogP contribution in [-0.4, -0.2) is 31.1 Å². The second-order valence-corrected chi connectivity index (χ2v) is 7.74. The third kappa shape index (κ3) is 4.85. The van der Waals surface area contributed by atoms with Gasteiger partial charge in [0.25, 0.3) is 0 Å². The highest BCUT2D eigenvalue weighted by atomic mass is 79.9. The van der Waals surface area contributed by atoms with Crippen LogP contribution in [0, 0.1) is 12.8 Å². The first kappa shape index (κ1) is 15.5. The number of hydrogen-bond donors (Lipinski definition) is 1.